The SMILES string of the molecule is Cc1ccc(N2CCC(c3ccc(O)cc3)CC2)c2c1c(C#N)cn2COCC[Si](C)(C)C. The quantitative estimate of drug-likeness (QED) is 0.335. The lowest BCUT2D eigenvalue weighted by molar-refractivity contribution is 0.0902. The molecule has 1 N–H and O–H groups in total. The first-order chi connectivity index (χ1) is 15.8. The van der Waals surface area contributed by atoms with Crippen LogP contribution in [0, 0.1) is 18.3 Å². The molecular formula is C27H35N3O2Si. The van der Waals surface area contributed by atoms with Crippen LogP contribution < -0.4 is 4.90 Å². The molecule has 0 atom stereocenters. The Balaban J connectivity index is 1.57. The molecule has 0 bridgehead atoms. The molecule has 1 fully saturated rings. The lowest BCUT2D eigenvalue weighted by Crippen LogP contribution is -2.33. The number of fused-ring (bicyclic) bond motifs is 1. The van der Waals surface area contributed by atoms with Crippen molar-refractivity contribution in [2.45, 2.75) is 58.1 Å². The fraction of sp³-hybridized carbons (Fsp3) is 0.444. The van der Waals surface area contributed by atoms with E-state index in [1.165, 1.54) is 11.3 Å². The van der Waals surface area contributed by atoms with Crippen LogP contribution in [0.4, 0.5) is 5.69 Å². The normalized spacial score (nSPS) is 15.2. The third kappa shape index (κ3) is 5.26. The molecule has 174 valence electrons. The van der Waals surface area contributed by atoms with Crippen molar-refractivity contribution in [3.05, 3.63) is 59.3 Å². The summed E-state index contributed by atoms with van der Waals surface area (Å²) in [6.07, 6.45) is 4.09. The maximum Gasteiger partial charge on any atom is 0.123 e. The van der Waals surface area contributed by atoms with Gasteiger partial charge in [0.2, 0.25) is 0 Å². The van der Waals surface area contributed by atoms with E-state index >= 15 is 0 Å². The number of nitrogens with zero attached hydrogens (tertiary/aromatic N) is 3. The predicted octanol–water partition coefficient (Wildman–Crippen LogP) is 6.22. The number of nitriles is 1. The number of piperidine rings is 1. The van der Waals surface area contributed by atoms with Crippen LogP contribution in [0.25, 0.3) is 10.9 Å². The fourth-order valence-electron chi connectivity index (χ4n) is 4.78. The zero-order valence-electron chi connectivity index (χ0n) is 20.3. The van der Waals surface area contributed by atoms with E-state index in [-0.39, 0.29) is 0 Å². The van der Waals surface area contributed by atoms with Crippen LogP contribution in [0.1, 0.15) is 35.4 Å². The summed E-state index contributed by atoms with van der Waals surface area (Å²) in [5, 5.41) is 20.4. The van der Waals surface area contributed by atoms with Gasteiger partial charge in [-0.3, -0.25) is 0 Å². The van der Waals surface area contributed by atoms with E-state index < -0.39 is 8.07 Å². The summed E-state index contributed by atoms with van der Waals surface area (Å²) < 4.78 is 8.21. The van der Waals surface area contributed by atoms with Crippen LogP contribution in [0.3, 0.4) is 0 Å². The third-order valence-corrected chi connectivity index (χ3v) is 8.46. The first-order valence-corrected chi connectivity index (χ1v) is 15.6. The molecule has 3 aromatic rings. The molecule has 0 saturated carbocycles. The molecule has 1 aliphatic heterocycles. The van der Waals surface area contributed by atoms with Gasteiger partial charge >= 0.3 is 0 Å². The lowest BCUT2D eigenvalue weighted by Gasteiger charge is -2.34. The second-order valence-corrected chi connectivity index (χ2v) is 16.1. The van der Waals surface area contributed by atoms with Gasteiger partial charge in [0.1, 0.15) is 18.5 Å². The van der Waals surface area contributed by atoms with E-state index in [9.17, 15) is 10.4 Å². The van der Waals surface area contributed by atoms with Crippen LogP contribution >= 0.6 is 0 Å². The molecule has 33 heavy (non-hydrogen) atoms. The molecule has 0 amide bonds. The molecule has 1 aliphatic rings. The Labute approximate surface area is 198 Å². The molecule has 0 spiro atoms. The second-order valence-electron chi connectivity index (χ2n) is 10.5. The molecule has 1 saturated heterocycles. The van der Waals surface area contributed by atoms with Gasteiger partial charge in [0, 0.05) is 39.4 Å². The van der Waals surface area contributed by atoms with Gasteiger partial charge in [-0.1, -0.05) is 37.8 Å². The zero-order chi connectivity index (χ0) is 23.6. The number of hydrogen-bond acceptors (Lipinski definition) is 4. The smallest absolute Gasteiger partial charge is 0.123 e. The number of benzene rings is 2. The van der Waals surface area contributed by atoms with Crippen molar-refractivity contribution in [3.63, 3.8) is 0 Å². The van der Waals surface area contributed by atoms with Crippen LogP contribution in [0.2, 0.25) is 25.7 Å². The number of aromatic hydroxyl groups is 1. The molecular weight excluding hydrogens is 426 g/mol. The molecule has 2 aromatic carbocycles. The fourth-order valence-corrected chi connectivity index (χ4v) is 5.54. The second kappa shape index (κ2) is 9.62. The molecule has 0 radical (unpaired) electrons. The Morgan fingerprint density at radius 2 is 1.79 bits per heavy atom. The minimum atomic E-state index is -1.14. The van der Waals surface area contributed by atoms with Gasteiger partial charge in [-0.05, 0) is 61.1 Å². The highest BCUT2D eigenvalue weighted by Gasteiger charge is 2.24. The number of phenolic OH excluding ortho intramolecular Hbond substituents is 1. The third-order valence-electron chi connectivity index (χ3n) is 6.75. The highest BCUT2D eigenvalue weighted by atomic mass is 28.3. The Morgan fingerprint density at radius 3 is 2.42 bits per heavy atom. The number of phenols is 1. The summed E-state index contributed by atoms with van der Waals surface area (Å²) in [6, 6.07) is 15.5. The van der Waals surface area contributed by atoms with Crippen molar-refractivity contribution in [1.29, 1.82) is 5.26 Å². The summed E-state index contributed by atoms with van der Waals surface area (Å²) in [5.74, 6) is 0.827. The van der Waals surface area contributed by atoms with Gasteiger partial charge in [-0.15, -0.1) is 0 Å². The topological polar surface area (TPSA) is 61.4 Å². The maximum atomic E-state index is 9.80. The summed E-state index contributed by atoms with van der Waals surface area (Å²) in [5.41, 5.74) is 5.45. The standard InChI is InChI=1S/C27H35N3O2Si/c1-20-5-10-25(29-13-11-22(12-14-29)21-6-8-24(31)9-7-21)27-26(20)23(17-28)18-30(27)19-32-15-16-33(2,3)4/h5-10,18,22,31H,11-16,19H2,1-4H3. The van der Waals surface area contributed by atoms with Gasteiger partial charge < -0.3 is 19.3 Å². The number of ether oxygens (including phenoxy) is 1. The number of anilines is 1. The summed E-state index contributed by atoms with van der Waals surface area (Å²) in [4.78, 5) is 2.46. The van der Waals surface area contributed by atoms with E-state index in [2.05, 4.69) is 54.2 Å². The van der Waals surface area contributed by atoms with Crippen molar-refractivity contribution >= 4 is 24.7 Å². The molecule has 0 unspecified atom stereocenters. The van der Waals surface area contributed by atoms with Crippen LogP contribution in [0.15, 0.2) is 42.6 Å². The zero-order valence-corrected chi connectivity index (χ0v) is 21.3. The van der Waals surface area contributed by atoms with Crippen LogP contribution in [-0.4, -0.2) is 37.4 Å². The Kier molecular flexibility index (Phi) is 6.82. The molecule has 6 heteroatoms. The molecule has 0 aliphatic carbocycles. The minimum Gasteiger partial charge on any atom is -0.508 e. The van der Waals surface area contributed by atoms with E-state index in [0.717, 1.165) is 60.6 Å². The van der Waals surface area contributed by atoms with Crippen molar-refractivity contribution in [2.75, 3.05) is 24.6 Å². The van der Waals surface area contributed by atoms with Crippen LogP contribution in [0.5, 0.6) is 5.75 Å². The maximum absolute atomic E-state index is 9.80. The van der Waals surface area contributed by atoms with Crippen molar-refractivity contribution in [2.24, 2.45) is 0 Å². The summed E-state index contributed by atoms with van der Waals surface area (Å²) in [6.45, 7) is 12.3. The van der Waals surface area contributed by atoms with Crippen molar-refractivity contribution < 1.29 is 9.84 Å². The van der Waals surface area contributed by atoms with E-state index in [1.807, 2.05) is 18.3 Å². The van der Waals surface area contributed by atoms with Gasteiger partial charge in [0.05, 0.1) is 16.8 Å². The van der Waals surface area contributed by atoms with Gasteiger partial charge in [-0.25, -0.2) is 0 Å². The van der Waals surface area contributed by atoms with Crippen LogP contribution in [-0.2, 0) is 11.5 Å². The molecule has 5 nitrogen and oxygen atoms in total. The predicted molar refractivity (Wildman–Crippen MR) is 138 cm³/mol. The number of aromatic nitrogens is 1. The minimum absolute atomic E-state index is 0.319. The Hall–Kier alpha value is -2.75. The number of aryl methyl sites for hydroxylation is 1. The van der Waals surface area contributed by atoms with Gasteiger partial charge in [-0.2, -0.15) is 5.26 Å². The molecule has 4 rings (SSSR count). The summed E-state index contributed by atoms with van der Waals surface area (Å²) in [7, 11) is -1.14. The van der Waals surface area contributed by atoms with Crippen molar-refractivity contribution in [3.8, 4) is 11.8 Å². The largest absolute Gasteiger partial charge is 0.508 e. The van der Waals surface area contributed by atoms with Gasteiger partial charge in [0.15, 0.2) is 0 Å². The van der Waals surface area contributed by atoms with E-state index in [4.69, 9.17) is 4.74 Å². The monoisotopic (exact) mass is 461 g/mol. The van der Waals surface area contributed by atoms with Gasteiger partial charge in [0.25, 0.3) is 0 Å². The Bertz CT molecular complexity index is 1150. The molecule has 1 aromatic heterocycles. The number of hydrogen-bond donors (Lipinski definition) is 1. The average Bonchev–Trinajstić information content (AvgIpc) is 3.17. The highest BCUT2D eigenvalue weighted by molar-refractivity contribution is 6.76. The van der Waals surface area contributed by atoms with E-state index in [0.29, 0.717) is 18.4 Å². The Morgan fingerprint density at radius 1 is 1.09 bits per heavy atom. The lowest BCUT2D eigenvalue weighted by atomic mass is 9.89. The molecule has 2 heterocycles. The first-order valence-electron chi connectivity index (χ1n) is 11.9. The first kappa shape index (κ1) is 23.4. The average molecular weight is 462 g/mol. The van der Waals surface area contributed by atoms with E-state index in [1.54, 1.807) is 12.1 Å². The highest BCUT2D eigenvalue weighted by Crippen LogP contribution is 2.37. The number of rotatable bonds is 7. The summed E-state index contributed by atoms with van der Waals surface area (Å²) >= 11 is 0. The van der Waals surface area contributed by atoms with Crippen molar-refractivity contribution in [1.82, 2.24) is 4.57 Å².